The van der Waals surface area contributed by atoms with Crippen molar-refractivity contribution >= 4 is 10.8 Å². The second-order valence-electron chi connectivity index (χ2n) is 6.07. The van der Waals surface area contributed by atoms with E-state index in [1.807, 2.05) is 61.7 Å². The van der Waals surface area contributed by atoms with Gasteiger partial charge in [-0.15, -0.1) is 0 Å². The van der Waals surface area contributed by atoms with Gasteiger partial charge in [0, 0.05) is 17.3 Å². The molecule has 0 N–H and O–H groups in total. The van der Waals surface area contributed by atoms with E-state index in [4.69, 9.17) is 0 Å². The van der Waals surface area contributed by atoms with Gasteiger partial charge in [-0.3, -0.25) is 4.98 Å². The zero-order valence-electron chi connectivity index (χ0n) is 13.9. The van der Waals surface area contributed by atoms with E-state index in [9.17, 15) is 5.26 Å². The van der Waals surface area contributed by atoms with Gasteiger partial charge in [0.2, 0.25) is 0 Å². The van der Waals surface area contributed by atoms with Gasteiger partial charge in [0.05, 0.1) is 11.3 Å². The van der Waals surface area contributed by atoms with Crippen molar-refractivity contribution in [2.75, 3.05) is 0 Å². The Labute approximate surface area is 147 Å². The van der Waals surface area contributed by atoms with E-state index in [1.54, 1.807) is 0 Å². The lowest BCUT2D eigenvalue weighted by Gasteiger charge is -2.10. The van der Waals surface area contributed by atoms with Gasteiger partial charge in [-0.1, -0.05) is 66.7 Å². The highest BCUT2D eigenvalue weighted by atomic mass is 14.7. The molecule has 1 aromatic heterocycles. The highest BCUT2D eigenvalue weighted by Gasteiger charge is 2.12. The zero-order valence-corrected chi connectivity index (χ0v) is 13.9. The number of hydrogen-bond acceptors (Lipinski definition) is 2. The molecule has 0 aliphatic heterocycles. The summed E-state index contributed by atoms with van der Waals surface area (Å²) in [6.07, 6.45) is 1.87. The van der Waals surface area contributed by atoms with E-state index in [2.05, 4.69) is 35.3 Å². The van der Waals surface area contributed by atoms with Crippen LogP contribution in [0.3, 0.4) is 0 Å². The average Bonchev–Trinajstić information content (AvgIpc) is 2.67. The fraction of sp³-hybridized carbons (Fsp3) is 0.0435. The molecular weight excluding hydrogens is 304 g/mol. The SMILES string of the molecule is Cc1ccccc1-c1ncc(-c2cccc3ccccc23)cc1C#N. The maximum Gasteiger partial charge on any atom is 0.101 e. The van der Waals surface area contributed by atoms with Gasteiger partial charge in [0.15, 0.2) is 0 Å². The number of nitrogens with zero attached hydrogens (tertiary/aromatic N) is 2. The van der Waals surface area contributed by atoms with Crippen molar-refractivity contribution in [3.05, 3.63) is 90.1 Å². The van der Waals surface area contributed by atoms with Crippen LogP contribution in [0.25, 0.3) is 33.2 Å². The lowest BCUT2D eigenvalue weighted by molar-refractivity contribution is 1.28. The highest BCUT2D eigenvalue weighted by Crippen LogP contribution is 2.32. The standard InChI is InChI=1S/C23H16N2/c1-16-7-2-4-10-20(16)23-18(14-24)13-19(15-25-23)22-12-6-9-17-8-3-5-11-21(17)22/h2-13,15H,1H3. The number of aryl methyl sites for hydroxylation is 1. The average molecular weight is 320 g/mol. The molecule has 0 unspecified atom stereocenters. The van der Waals surface area contributed by atoms with Crippen molar-refractivity contribution in [2.24, 2.45) is 0 Å². The normalized spacial score (nSPS) is 10.6. The van der Waals surface area contributed by atoms with Crippen molar-refractivity contribution in [3.63, 3.8) is 0 Å². The largest absolute Gasteiger partial charge is 0.254 e. The molecular formula is C23H16N2. The molecule has 1 heterocycles. The molecule has 3 aromatic carbocycles. The summed E-state index contributed by atoms with van der Waals surface area (Å²) in [7, 11) is 0. The van der Waals surface area contributed by atoms with E-state index in [-0.39, 0.29) is 0 Å². The summed E-state index contributed by atoms with van der Waals surface area (Å²) in [5, 5.41) is 12.0. The van der Waals surface area contributed by atoms with Gasteiger partial charge in [-0.05, 0) is 34.9 Å². The Morgan fingerprint density at radius 1 is 0.840 bits per heavy atom. The third-order valence-corrected chi connectivity index (χ3v) is 4.51. The molecule has 2 nitrogen and oxygen atoms in total. The molecule has 0 saturated heterocycles. The van der Waals surface area contributed by atoms with E-state index < -0.39 is 0 Å². The molecule has 118 valence electrons. The van der Waals surface area contributed by atoms with Gasteiger partial charge >= 0.3 is 0 Å². The number of pyridine rings is 1. The van der Waals surface area contributed by atoms with E-state index in [0.717, 1.165) is 27.9 Å². The molecule has 0 spiro atoms. The quantitative estimate of drug-likeness (QED) is 0.471. The molecule has 4 rings (SSSR count). The Bertz CT molecular complexity index is 1110. The zero-order chi connectivity index (χ0) is 17.2. The molecule has 25 heavy (non-hydrogen) atoms. The van der Waals surface area contributed by atoms with Gasteiger partial charge < -0.3 is 0 Å². The molecule has 4 aromatic rings. The van der Waals surface area contributed by atoms with Gasteiger partial charge in [-0.2, -0.15) is 5.26 Å². The Hall–Kier alpha value is -3.44. The second-order valence-corrected chi connectivity index (χ2v) is 6.07. The summed E-state index contributed by atoms with van der Waals surface area (Å²) in [5.74, 6) is 0. The second kappa shape index (κ2) is 6.22. The van der Waals surface area contributed by atoms with E-state index in [1.165, 1.54) is 10.8 Å². The molecule has 0 radical (unpaired) electrons. The third kappa shape index (κ3) is 2.66. The van der Waals surface area contributed by atoms with E-state index >= 15 is 0 Å². The molecule has 0 bridgehead atoms. The molecule has 0 fully saturated rings. The van der Waals surface area contributed by atoms with Crippen LogP contribution in [0.4, 0.5) is 0 Å². The summed E-state index contributed by atoms with van der Waals surface area (Å²) in [6.45, 7) is 2.04. The minimum Gasteiger partial charge on any atom is -0.254 e. The van der Waals surface area contributed by atoms with E-state index in [0.29, 0.717) is 5.56 Å². The van der Waals surface area contributed by atoms with Crippen LogP contribution in [0.2, 0.25) is 0 Å². The predicted molar refractivity (Wildman–Crippen MR) is 102 cm³/mol. The summed E-state index contributed by atoms with van der Waals surface area (Å²) in [6, 6.07) is 26.8. The highest BCUT2D eigenvalue weighted by molar-refractivity contribution is 5.96. The molecule has 0 atom stereocenters. The lowest BCUT2D eigenvalue weighted by Crippen LogP contribution is -1.93. The smallest absolute Gasteiger partial charge is 0.101 e. The number of fused-ring (bicyclic) bond motifs is 1. The van der Waals surface area contributed by atoms with Crippen LogP contribution in [0.1, 0.15) is 11.1 Å². The van der Waals surface area contributed by atoms with Crippen LogP contribution < -0.4 is 0 Å². The minimum absolute atomic E-state index is 0.597. The molecule has 0 aliphatic rings. The van der Waals surface area contributed by atoms with Crippen LogP contribution in [0.5, 0.6) is 0 Å². The first kappa shape index (κ1) is 15.1. The van der Waals surface area contributed by atoms with Crippen molar-refractivity contribution in [1.82, 2.24) is 4.98 Å². The summed E-state index contributed by atoms with van der Waals surface area (Å²) in [5.41, 5.74) is 5.52. The first-order valence-corrected chi connectivity index (χ1v) is 8.22. The number of nitriles is 1. The van der Waals surface area contributed by atoms with Crippen LogP contribution >= 0.6 is 0 Å². The first-order chi connectivity index (χ1) is 12.3. The third-order valence-electron chi connectivity index (χ3n) is 4.51. The van der Waals surface area contributed by atoms with Crippen LogP contribution in [-0.4, -0.2) is 4.98 Å². The number of rotatable bonds is 2. The number of aromatic nitrogens is 1. The molecule has 0 saturated carbocycles. The Balaban J connectivity index is 1.91. The van der Waals surface area contributed by atoms with Gasteiger partial charge in [0.1, 0.15) is 6.07 Å². The van der Waals surface area contributed by atoms with Crippen LogP contribution in [0.15, 0.2) is 79.0 Å². The number of benzene rings is 3. The molecule has 0 amide bonds. The summed E-state index contributed by atoms with van der Waals surface area (Å²) in [4.78, 5) is 4.64. The van der Waals surface area contributed by atoms with Crippen LogP contribution in [-0.2, 0) is 0 Å². The summed E-state index contributed by atoms with van der Waals surface area (Å²) >= 11 is 0. The Morgan fingerprint density at radius 3 is 2.40 bits per heavy atom. The molecule has 2 heteroatoms. The Morgan fingerprint density at radius 2 is 1.56 bits per heavy atom. The number of hydrogen-bond donors (Lipinski definition) is 0. The maximum absolute atomic E-state index is 9.67. The lowest BCUT2D eigenvalue weighted by atomic mass is 9.96. The predicted octanol–water partition coefficient (Wildman–Crippen LogP) is 5.75. The Kier molecular flexibility index (Phi) is 3.76. The maximum atomic E-state index is 9.67. The summed E-state index contributed by atoms with van der Waals surface area (Å²) < 4.78 is 0. The topological polar surface area (TPSA) is 36.7 Å². The molecule has 0 aliphatic carbocycles. The van der Waals surface area contributed by atoms with Crippen molar-refractivity contribution in [1.29, 1.82) is 5.26 Å². The first-order valence-electron chi connectivity index (χ1n) is 8.22. The van der Waals surface area contributed by atoms with Crippen molar-refractivity contribution in [2.45, 2.75) is 6.92 Å². The van der Waals surface area contributed by atoms with Gasteiger partial charge in [-0.25, -0.2) is 0 Å². The van der Waals surface area contributed by atoms with Crippen molar-refractivity contribution in [3.8, 4) is 28.5 Å². The monoisotopic (exact) mass is 320 g/mol. The minimum atomic E-state index is 0.597. The fourth-order valence-corrected chi connectivity index (χ4v) is 3.23. The fourth-order valence-electron chi connectivity index (χ4n) is 3.23. The van der Waals surface area contributed by atoms with Crippen LogP contribution in [0, 0.1) is 18.3 Å². The van der Waals surface area contributed by atoms with Crippen molar-refractivity contribution < 1.29 is 0 Å². The van der Waals surface area contributed by atoms with Gasteiger partial charge in [0.25, 0.3) is 0 Å².